The molecule has 2 aromatic rings. The van der Waals surface area contributed by atoms with Crippen LogP contribution in [0.2, 0.25) is 0 Å². The number of nitrogens with zero attached hydrogens (tertiary/aromatic N) is 1. The minimum absolute atomic E-state index is 0.0895. The number of benzene rings is 2. The van der Waals surface area contributed by atoms with Gasteiger partial charge in [0.05, 0.1) is 4.92 Å². The predicted molar refractivity (Wildman–Crippen MR) is 85.6 cm³/mol. The number of nitrogens with one attached hydrogen (secondary N) is 2. The Kier molecular flexibility index (Phi) is 5.15. The van der Waals surface area contributed by atoms with Crippen molar-refractivity contribution in [3.63, 3.8) is 0 Å². The quantitative estimate of drug-likeness (QED) is 0.595. The molecule has 5 nitrogen and oxygen atoms in total. The SMILES string of the molecule is CCCNc1cc(NCc2ccccc2)cc([N+](=O)[O-])c1. The van der Waals surface area contributed by atoms with E-state index < -0.39 is 0 Å². The topological polar surface area (TPSA) is 67.2 Å². The molecular formula is C16H19N3O2. The highest BCUT2D eigenvalue weighted by Crippen LogP contribution is 2.24. The zero-order valence-corrected chi connectivity index (χ0v) is 12.0. The van der Waals surface area contributed by atoms with Crippen molar-refractivity contribution >= 4 is 17.1 Å². The van der Waals surface area contributed by atoms with E-state index in [1.807, 2.05) is 36.4 Å². The van der Waals surface area contributed by atoms with Crippen molar-refractivity contribution in [3.8, 4) is 0 Å². The molecule has 0 aliphatic rings. The van der Waals surface area contributed by atoms with Crippen LogP contribution in [0.15, 0.2) is 48.5 Å². The van der Waals surface area contributed by atoms with Crippen molar-refractivity contribution in [3.05, 3.63) is 64.2 Å². The molecular weight excluding hydrogens is 266 g/mol. The Morgan fingerprint density at radius 3 is 2.33 bits per heavy atom. The van der Waals surface area contributed by atoms with Crippen molar-refractivity contribution in [1.29, 1.82) is 0 Å². The first-order chi connectivity index (χ1) is 10.2. The zero-order chi connectivity index (χ0) is 15.1. The fourth-order valence-electron chi connectivity index (χ4n) is 1.99. The molecule has 110 valence electrons. The molecule has 0 bridgehead atoms. The molecule has 2 aromatic carbocycles. The van der Waals surface area contributed by atoms with Crippen molar-refractivity contribution in [2.45, 2.75) is 19.9 Å². The highest BCUT2D eigenvalue weighted by Gasteiger charge is 2.09. The van der Waals surface area contributed by atoms with Crippen LogP contribution >= 0.6 is 0 Å². The van der Waals surface area contributed by atoms with Crippen molar-refractivity contribution < 1.29 is 4.92 Å². The summed E-state index contributed by atoms with van der Waals surface area (Å²) >= 11 is 0. The minimum atomic E-state index is -0.370. The van der Waals surface area contributed by atoms with Crippen LogP contribution in [0.25, 0.3) is 0 Å². The maximum atomic E-state index is 11.0. The van der Waals surface area contributed by atoms with E-state index in [0.717, 1.165) is 29.9 Å². The van der Waals surface area contributed by atoms with Crippen LogP contribution in [-0.2, 0) is 6.54 Å². The summed E-state index contributed by atoms with van der Waals surface area (Å²) < 4.78 is 0. The lowest BCUT2D eigenvalue weighted by molar-refractivity contribution is -0.384. The van der Waals surface area contributed by atoms with Gasteiger partial charge in [-0.1, -0.05) is 37.3 Å². The van der Waals surface area contributed by atoms with E-state index in [1.165, 1.54) is 0 Å². The van der Waals surface area contributed by atoms with Gasteiger partial charge in [0.2, 0.25) is 0 Å². The van der Waals surface area contributed by atoms with Crippen LogP contribution in [0.1, 0.15) is 18.9 Å². The third-order valence-corrected chi connectivity index (χ3v) is 3.05. The standard InChI is InChI=1S/C16H19N3O2/c1-2-8-17-14-9-15(11-16(10-14)19(20)21)18-12-13-6-4-3-5-7-13/h3-7,9-11,17-18H,2,8,12H2,1H3. The molecule has 2 rings (SSSR count). The second-order valence-corrected chi connectivity index (χ2v) is 4.79. The number of nitro benzene ring substituents is 1. The molecule has 0 saturated heterocycles. The largest absolute Gasteiger partial charge is 0.385 e. The van der Waals surface area contributed by atoms with Gasteiger partial charge in [0, 0.05) is 36.6 Å². The lowest BCUT2D eigenvalue weighted by atomic mass is 10.2. The van der Waals surface area contributed by atoms with E-state index in [2.05, 4.69) is 17.6 Å². The molecule has 0 fully saturated rings. The van der Waals surface area contributed by atoms with Gasteiger partial charge in [0.15, 0.2) is 0 Å². The highest BCUT2D eigenvalue weighted by atomic mass is 16.6. The molecule has 2 N–H and O–H groups in total. The van der Waals surface area contributed by atoms with E-state index in [4.69, 9.17) is 0 Å². The second kappa shape index (κ2) is 7.28. The third kappa shape index (κ3) is 4.49. The molecule has 0 unspecified atom stereocenters. The number of nitro groups is 1. The maximum absolute atomic E-state index is 11.0. The zero-order valence-electron chi connectivity index (χ0n) is 12.0. The van der Waals surface area contributed by atoms with Gasteiger partial charge < -0.3 is 10.6 Å². The predicted octanol–water partition coefficient (Wildman–Crippen LogP) is 4.03. The van der Waals surface area contributed by atoms with Crippen LogP contribution in [0, 0.1) is 10.1 Å². The monoisotopic (exact) mass is 285 g/mol. The molecule has 0 aromatic heterocycles. The molecule has 0 amide bonds. The molecule has 0 spiro atoms. The molecule has 0 aliphatic heterocycles. The summed E-state index contributed by atoms with van der Waals surface area (Å²) in [6.07, 6.45) is 0.968. The van der Waals surface area contributed by atoms with Gasteiger partial charge in [-0.05, 0) is 18.1 Å². The van der Waals surface area contributed by atoms with Gasteiger partial charge in [-0.3, -0.25) is 10.1 Å². The Morgan fingerprint density at radius 2 is 1.71 bits per heavy atom. The average molecular weight is 285 g/mol. The number of anilines is 2. The lowest BCUT2D eigenvalue weighted by Gasteiger charge is -2.10. The maximum Gasteiger partial charge on any atom is 0.273 e. The van der Waals surface area contributed by atoms with E-state index >= 15 is 0 Å². The molecule has 0 aliphatic carbocycles. The Balaban J connectivity index is 2.13. The van der Waals surface area contributed by atoms with E-state index in [-0.39, 0.29) is 10.6 Å². The summed E-state index contributed by atoms with van der Waals surface area (Å²) in [7, 11) is 0. The fourth-order valence-corrected chi connectivity index (χ4v) is 1.99. The Labute approximate surface area is 124 Å². The van der Waals surface area contributed by atoms with Gasteiger partial charge in [0.25, 0.3) is 5.69 Å². The summed E-state index contributed by atoms with van der Waals surface area (Å²) in [5.41, 5.74) is 2.73. The molecule has 0 radical (unpaired) electrons. The van der Waals surface area contributed by atoms with Crippen molar-refractivity contribution in [2.24, 2.45) is 0 Å². The lowest BCUT2D eigenvalue weighted by Crippen LogP contribution is -2.04. The third-order valence-electron chi connectivity index (χ3n) is 3.05. The van der Waals surface area contributed by atoms with Gasteiger partial charge in [-0.15, -0.1) is 0 Å². The van der Waals surface area contributed by atoms with Gasteiger partial charge in [0.1, 0.15) is 0 Å². The number of hydrogen-bond donors (Lipinski definition) is 2. The van der Waals surface area contributed by atoms with Crippen LogP contribution in [0.5, 0.6) is 0 Å². The molecule has 0 heterocycles. The minimum Gasteiger partial charge on any atom is -0.385 e. The van der Waals surface area contributed by atoms with E-state index in [0.29, 0.717) is 6.54 Å². The second-order valence-electron chi connectivity index (χ2n) is 4.79. The Bertz CT molecular complexity index is 600. The first kappa shape index (κ1) is 14.8. The average Bonchev–Trinajstić information content (AvgIpc) is 2.51. The van der Waals surface area contributed by atoms with E-state index in [9.17, 15) is 10.1 Å². The number of non-ortho nitro benzene ring substituents is 1. The number of rotatable bonds is 7. The first-order valence-corrected chi connectivity index (χ1v) is 7.00. The highest BCUT2D eigenvalue weighted by molar-refractivity contribution is 5.63. The summed E-state index contributed by atoms with van der Waals surface area (Å²) in [5.74, 6) is 0. The Hall–Kier alpha value is -2.56. The van der Waals surface area contributed by atoms with Crippen LogP contribution in [0.3, 0.4) is 0 Å². The number of hydrogen-bond acceptors (Lipinski definition) is 4. The Morgan fingerprint density at radius 1 is 1.05 bits per heavy atom. The van der Waals surface area contributed by atoms with Gasteiger partial charge in [-0.25, -0.2) is 0 Å². The van der Waals surface area contributed by atoms with Crippen LogP contribution in [-0.4, -0.2) is 11.5 Å². The molecule has 0 saturated carbocycles. The summed E-state index contributed by atoms with van der Waals surface area (Å²) in [5, 5.41) is 17.4. The smallest absolute Gasteiger partial charge is 0.273 e. The normalized spacial score (nSPS) is 10.1. The summed E-state index contributed by atoms with van der Waals surface area (Å²) in [6, 6.07) is 14.9. The van der Waals surface area contributed by atoms with E-state index in [1.54, 1.807) is 12.1 Å². The van der Waals surface area contributed by atoms with Gasteiger partial charge >= 0.3 is 0 Å². The molecule has 21 heavy (non-hydrogen) atoms. The van der Waals surface area contributed by atoms with Crippen LogP contribution in [0.4, 0.5) is 17.1 Å². The first-order valence-electron chi connectivity index (χ1n) is 7.00. The molecule has 0 atom stereocenters. The molecule has 5 heteroatoms. The fraction of sp³-hybridized carbons (Fsp3) is 0.250. The summed E-state index contributed by atoms with van der Waals surface area (Å²) in [6.45, 7) is 3.48. The summed E-state index contributed by atoms with van der Waals surface area (Å²) in [4.78, 5) is 10.6. The van der Waals surface area contributed by atoms with Crippen molar-refractivity contribution in [1.82, 2.24) is 0 Å². The van der Waals surface area contributed by atoms with Crippen molar-refractivity contribution in [2.75, 3.05) is 17.2 Å². The van der Waals surface area contributed by atoms with Gasteiger partial charge in [-0.2, -0.15) is 0 Å². The van der Waals surface area contributed by atoms with Crippen LogP contribution < -0.4 is 10.6 Å².